The van der Waals surface area contributed by atoms with Crippen molar-refractivity contribution >= 4 is 17.4 Å². The Morgan fingerprint density at radius 1 is 1.05 bits per heavy atom. The van der Waals surface area contributed by atoms with Gasteiger partial charge in [-0.15, -0.1) is 0 Å². The van der Waals surface area contributed by atoms with Crippen LogP contribution in [0.5, 0.6) is 0 Å². The van der Waals surface area contributed by atoms with Crippen molar-refractivity contribution in [3.63, 3.8) is 0 Å². The normalized spacial score (nSPS) is 13.0. The molecular weight excluding hydrogens is 494 g/mol. The number of ether oxygens (including phenoxy) is 1. The third-order valence-corrected chi connectivity index (χ3v) is 6.24. The molecule has 0 aliphatic carbocycles. The van der Waals surface area contributed by atoms with E-state index >= 15 is 4.39 Å². The number of hydrogen-bond acceptors (Lipinski definition) is 2. The van der Waals surface area contributed by atoms with Crippen molar-refractivity contribution in [3.05, 3.63) is 107 Å². The van der Waals surface area contributed by atoms with E-state index < -0.39 is 23.5 Å². The van der Waals surface area contributed by atoms with E-state index in [1.165, 1.54) is 18.2 Å². The quantitative estimate of drug-likeness (QED) is 0.195. The molecule has 7 heteroatoms. The molecule has 0 spiro atoms. The first-order valence-electron chi connectivity index (χ1n) is 12.6. The van der Waals surface area contributed by atoms with Crippen molar-refractivity contribution in [2.75, 3.05) is 6.61 Å². The van der Waals surface area contributed by atoms with Gasteiger partial charge in [-0.25, -0.2) is 9.18 Å². The SMILES string of the molecule is C=C(C)c1ccn(C(CC(C)C)c2ccc(C(=O)OCC)cc2)c1/C(F)=C\Cc1ccc(C(F)(F)F)cc1. The molecule has 0 bridgehead atoms. The van der Waals surface area contributed by atoms with Crippen molar-refractivity contribution in [2.24, 2.45) is 5.92 Å². The van der Waals surface area contributed by atoms with Gasteiger partial charge < -0.3 is 9.30 Å². The zero-order chi connectivity index (χ0) is 28.0. The van der Waals surface area contributed by atoms with Crippen LogP contribution in [0.3, 0.4) is 0 Å². The lowest BCUT2D eigenvalue weighted by Gasteiger charge is -2.24. The number of hydrogen-bond donors (Lipinski definition) is 0. The molecule has 0 saturated heterocycles. The van der Waals surface area contributed by atoms with Crippen LogP contribution in [0.1, 0.15) is 78.5 Å². The minimum absolute atomic E-state index is 0.133. The molecule has 0 aliphatic rings. The van der Waals surface area contributed by atoms with Crippen LogP contribution in [0.15, 0.2) is 73.4 Å². The number of alkyl halides is 3. The van der Waals surface area contributed by atoms with Gasteiger partial charge in [0.25, 0.3) is 0 Å². The van der Waals surface area contributed by atoms with Crippen LogP contribution in [0.25, 0.3) is 11.4 Å². The predicted molar refractivity (Wildman–Crippen MR) is 143 cm³/mol. The van der Waals surface area contributed by atoms with E-state index in [1.807, 2.05) is 29.0 Å². The lowest BCUT2D eigenvalue weighted by atomic mass is 9.95. The maximum atomic E-state index is 15.8. The molecule has 1 aromatic heterocycles. The van der Waals surface area contributed by atoms with Gasteiger partial charge in [-0.3, -0.25) is 0 Å². The first-order chi connectivity index (χ1) is 17.9. The molecule has 1 heterocycles. The van der Waals surface area contributed by atoms with E-state index in [9.17, 15) is 18.0 Å². The van der Waals surface area contributed by atoms with Gasteiger partial charge in [-0.05, 0) is 85.7 Å². The summed E-state index contributed by atoms with van der Waals surface area (Å²) in [6.45, 7) is 12.0. The fourth-order valence-electron chi connectivity index (χ4n) is 4.35. The van der Waals surface area contributed by atoms with Gasteiger partial charge in [-0.2, -0.15) is 13.2 Å². The van der Waals surface area contributed by atoms with Crippen LogP contribution in [0.2, 0.25) is 0 Å². The second kappa shape index (κ2) is 12.3. The highest BCUT2D eigenvalue weighted by Gasteiger charge is 2.30. The maximum Gasteiger partial charge on any atom is 0.416 e. The monoisotopic (exact) mass is 527 g/mol. The third-order valence-electron chi connectivity index (χ3n) is 6.24. The molecule has 0 amide bonds. The summed E-state index contributed by atoms with van der Waals surface area (Å²) in [4.78, 5) is 12.1. The zero-order valence-electron chi connectivity index (χ0n) is 22.1. The number of aromatic nitrogens is 1. The molecule has 0 fully saturated rings. The summed E-state index contributed by atoms with van der Waals surface area (Å²) in [5.41, 5.74) is 2.89. The summed E-state index contributed by atoms with van der Waals surface area (Å²) < 4.78 is 61.4. The Balaban J connectivity index is 1.99. The number of carbonyl (C=O) groups excluding carboxylic acids is 1. The van der Waals surface area contributed by atoms with Crippen LogP contribution in [0, 0.1) is 5.92 Å². The zero-order valence-corrected chi connectivity index (χ0v) is 22.1. The number of esters is 1. The second-order valence-corrected chi connectivity index (χ2v) is 9.70. The van der Waals surface area contributed by atoms with Crippen molar-refractivity contribution in [1.29, 1.82) is 0 Å². The third kappa shape index (κ3) is 7.03. The van der Waals surface area contributed by atoms with Crippen molar-refractivity contribution in [3.8, 4) is 0 Å². The van der Waals surface area contributed by atoms with E-state index in [4.69, 9.17) is 4.74 Å². The van der Waals surface area contributed by atoms with Gasteiger partial charge in [-0.1, -0.05) is 44.7 Å². The lowest BCUT2D eigenvalue weighted by molar-refractivity contribution is -0.137. The standard InChI is InChI=1S/C31H33F4NO2/c1-6-38-30(37)24-12-10-23(11-13-24)28(19-20(2)3)36-18-17-26(21(4)5)29(36)27(32)16-9-22-7-14-25(15-8-22)31(33,34)35/h7-8,10-18,20,28H,4,6,9,19H2,1-3,5H3/b27-16+. The Morgan fingerprint density at radius 2 is 1.68 bits per heavy atom. The van der Waals surface area contributed by atoms with Gasteiger partial charge in [0.1, 0.15) is 5.83 Å². The highest BCUT2D eigenvalue weighted by Crippen LogP contribution is 2.35. The van der Waals surface area contributed by atoms with Gasteiger partial charge in [0.05, 0.1) is 29.5 Å². The topological polar surface area (TPSA) is 31.2 Å². The molecule has 0 radical (unpaired) electrons. The van der Waals surface area contributed by atoms with Gasteiger partial charge in [0.15, 0.2) is 0 Å². The van der Waals surface area contributed by atoms with Crippen LogP contribution < -0.4 is 0 Å². The first-order valence-corrected chi connectivity index (χ1v) is 12.6. The van der Waals surface area contributed by atoms with Gasteiger partial charge >= 0.3 is 12.1 Å². The van der Waals surface area contributed by atoms with Crippen molar-refractivity contribution < 1.29 is 27.1 Å². The highest BCUT2D eigenvalue weighted by molar-refractivity contribution is 5.89. The summed E-state index contributed by atoms with van der Waals surface area (Å²) in [5.74, 6) is -0.597. The van der Waals surface area contributed by atoms with Crippen molar-refractivity contribution in [2.45, 2.75) is 52.8 Å². The molecule has 38 heavy (non-hydrogen) atoms. The molecule has 1 unspecified atom stereocenters. The molecule has 202 valence electrons. The molecule has 3 rings (SSSR count). The summed E-state index contributed by atoms with van der Waals surface area (Å²) >= 11 is 0. The van der Waals surface area contributed by atoms with E-state index in [2.05, 4.69) is 20.4 Å². The fourth-order valence-corrected chi connectivity index (χ4v) is 4.35. The molecule has 1 atom stereocenters. The number of carbonyl (C=O) groups is 1. The van der Waals surface area contributed by atoms with Gasteiger partial charge in [0.2, 0.25) is 0 Å². The van der Waals surface area contributed by atoms with E-state index in [-0.39, 0.29) is 25.0 Å². The average molecular weight is 528 g/mol. The summed E-state index contributed by atoms with van der Waals surface area (Å²) in [7, 11) is 0. The van der Waals surface area contributed by atoms with Crippen LogP contribution in [0.4, 0.5) is 17.6 Å². The Hall–Kier alpha value is -3.61. The average Bonchev–Trinajstić information content (AvgIpc) is 3.31. The summed E-state index contributed by atoms with van der Waals surface area (Å²) in [6.07, 6.45) is -0.360. The Labute approximate surface area is 221 Å². The minimum atomic E-state index is -4.42. The molecule has 3 nitrogen and oxygen atoms in total. The number of halogens is 4. The summed E-state index contributed by atoms with van der Waals surface area (Å²) in [5, 5.41) is 0. The maximum absolute atomic E-state index is 15.8. The molecule has 0 N–H and O–H groups in total. The predicted octanol–water partition coefficient (Wildman–Crippen LogP) is 8.91. The minimum Gasteiger partial charge on any atom is -0.462 e. The Bertz CT molecular complexity index is 1280. The smallest absolute Gasteiger partial charge is 0.416 e. The molecule has 2 aromatic carbocycles. The van der Waals surface area contributed by atoms with E-state index in [0.29, 0.717) is 34.4 Å². The number of allylic oxidation sites excluding steroid dienone is 2. The Morgan fingerprint density at radius 3 is 2.21 bits per heavy atom. The molecular formula is C31H33F4NO2. The molecule has 3 aromatic rings. The first kappa shape index (κ1) is 29.0. The van der Waals surface area contributed by atoms with E-state index in [1.54, 1.807) is 26.0 Å². The van der Waals surface area contributed by atoms with Crippen LogP contribution in [-0.2, 0) is 17.3 Å². The molecule has 0 aliphatic heterocycles. The number of benzene rings is 2. The second-order valence-electron chi connectivity index (χ2n) is 9.70. The van der Waals surface area contributed by atoms with Crippen LogP contribution in [-0.4, -0.2) is 17.1 Å². The lowest BCUT2D eigenvalue weighted by Crippen LogP contribution is -2.15. The number of rotatable bonds is 10. The van der Waals surface area contributed by atoms with Crippen molar-refractivity contribution in [1.82, 2.24) is 4.57 Å². The van der Waals surface area contributed by atoms with E-state index in [0.717, 1.165) is 17.7 Å². The largest absolute Gasteiger partial charge is 0.462 e. The Kier molecular flexibility index (Phi) is 9.36. The van der Waals surface area contributed by atoms with Crippen LogP contribution >= 0.6 is 0 Å². The summed E-state index contributed by atoms with van der Waals surface area (Å²) in [6, 6.07) is 13.4. The van der Waals surface area contributed by atoms with Gasteiger partial charge in [0, 0.05) is 11.8 Å². The number of nitrogens with zero attached hydrogens (tertiary/aromatic N) is 1. The highest BCUT2D eigenvalue weighted by atomic mass is 19.4. The fraction of sp³-hybridized carbons (Fsp3) is 0.323. The molecule has 0 saturated carbocycles.